The Morgan fingerprint density at radius 2 is 1.79 bits per heavy atom. The fourth-order valence-corrected chi connectivity index (χ4v) is 3.04. The normalized spacial score (nSPS) is 26.4. The van der Waals surface area contributed by atoms with Crippen molar-refractivity contribution in [2.24, 2.45) is 5.92 Å². The number of piperidine rings is 2. The molecule has 2 fully saturated rings. The predicted octanol–water partition coefficient (Wildman–Crippen LogP) is 1.18. The maximum atomic E-state index is 12.2. The zero-order valence-electron chi connectivity index (χ0n) is 11.7. The minimum atomic E-state index is -0.725. The van der Waals surface area contributed by atoms with Gasteiger partial charge >= 0.3 is 5.97 Å². The molecule has 1 atom stereocenters. The Morgan fingerprint density at radius 3 is 2.37 bits per heavy atom. The van der Waals surface area contributed by atoms with Crippen molar-refractivity contribution in [3.05, 3.63) is 0 Å². The van der Waals surface area contributed by atoms with Crippen LogP contribution in [0.5, 0.6) is 0 Å². The Hall–Kier alpha value is -1.10. The van der Waals surface area contributed by atoms with E-state index in [2.05, 4.69) is 11.8 Å². The van der Waals surface area contributed by atoms with Crippen molar-refractivity contribution in [1.82, 2.24) is 9.80 Å². The monoisotopic (exact) mass is 268 g/mol. The van der Waals surface area contributed by atoms with Gasteiger partial charge in [0, 0.05) is 19.1 Å². The Morgan fingerprint density at radius 1 is 1.11 bits per heavy atom. The largest absolute Gasteiger partial charge is 0.481 e. The van der Waals surface area contributed by atoms with Crippen LogP contribution >= 0.6 is 0 Å². The molecule has 5 nitrogen and oxygen atoms in total. The number of hydrogen-bond acceptors (Lipinski definition) is 3. The lowest BCUT2D eigenvalue weighted by molar-refractivity contribution is -0.146. The van der Waals surface area contributed by atoms with E-state index in [1.54, 1.807) is 0 Å². The van der Waals surface area contributed by atoms with Gasteiger partial charge in [0.05, 0.1) is 12.5 Å². The van der Waals surface area contributed by atoms with E-state index in [1.807, 2.05) is 4.90 Å². The third-order valence-electron chi connectivity index (χ3n) is 4.48. The van der Waals surface area contributed by atoms with Gasteiger partial charge in [0.25, 0.3) is 0 Å². The molecule has 108 valence electrons. The quantitative estimate of drug-likeness (QED) is 0.835. The van der Waals surface area contributed by atoms with Gasteiger partial charge < -0.3 is 10.0 Å². The molecule has 0 radical (unpaired) electrons. The molecular weight excluding hydrogens is 244 g/mol. The summed E-state index contributed by atoms with van der Waals surface area (Å²) >= 11 is 0. The Balaban J connectivity index is 1.79. The van der Waals surface area contributed by atoms with Crippen LogP contribution in [0.3, 0.4) is 0 Å². The average molecular weight is 268 g/mol. The van der Waals surface area contributed by atoms with E-state index < -0.39 is 5.97 Å². The van der Waals surface area contributed by atoms with E-state index in [4.69, 9.17) is 5.11 Å². The second-order valence-corrected chi connectivity index (χ2v) is 5.81. The second kappa shape index (κ2) is 6.37. The van der Waals surface area contributed by atoms with Crippen LogP contribution < -0.4 is 0 Å². The number of carboxylic acids is 1. The van der Waals surface area contributed by atoms with Crippen molar-refractivity contribution >= 4 is 11.9 Å². The van der Waals surface area contributed by atoms with Crippen molar-refractivity contribution < 1.29 is 14.7 Å². The minimum Gasteiger partial charge on any atom is -0.481 e. The lowest BCUT2D eigenvalue weighted by atomic mass is 9.97. The van der Waals surface area contributed by atoms with Gasteiger partial charge in [-0.1, -0.05) is 6.42 Å². The smallest absolute Gasteiger partial charge is 0.306 e. The second-order valence-electron chi connectivity index (χ2n) is 5.81. The first-order valence-corrected chi connectivity index (χ1v) is 7.32. The summed E-state index contributed by atoms with van der Waals surface area (Å²) in [4.78, 5) is 27.2. The SMILES string of the molecule is CC1CCCCN1CC(=O)N1CCC(C(=O)O)CC1. The van der Waals surface area contributed by atoms with Gasteiger partial charge in [0.1, 0.15) is 0 Å². The summed E-state index contributed by atoms with van der Waals surface area (Å²) in [6.45, 7) is 4.89. The summed E-state index contributed by atoms with van der Waals surface area (Å²) in [5.41, 5.74) is 0. The number of carbonyl (C=O) groups is 2. The summed E-state index contributed by atoms with van der Waals surface area (Å²) in [5, 5.41) is 8.95. The molecule has 0 spiro atoms. The lowest BCUT2D eigenvalue weighted by Gasteiger charge is -2.36. The molecule has 1 amide bonds. The molecule has 5 heteroatoms. The van der Waals surface area contributed by atoms with Gasteiger partial charge in [-0.25, -0.2) is 0 Å². The molecule has 2 aliphatic rings. The number of carboxylic acid groups (broad SMARTS) is 1. The lowest BCUT2D eigenvalue weighted by Crippen LogP contribution is -2.48. The van der Waals surface area contributed by atoms with Gasteiger partial charge in [0.15, 0.2) is 0 Å². The first-order chi connectivity index (χ1) is 9.08. The molecule has 2 saturated heterocycles. The maximum Gasteiger partial charge on any atom is 0.306 e. The van der Waals surface area contributed by atoms with Crippen LogP contribution in [0.25, 0.3) is 0 Å². The van der Waals surface area contributed by atoms with E-state index in [-0.39, 0.29) is 11.8 Å². The minimum absolute atomic E-state index is 0.164. The number of rotatable bonds is 3. The zero-order valence-corrected chi connectivity index (χ0v) is 11.7. The molecule has 2 heterocycles. The molecule has 1 N–H and O–H groups in total. The molecule has 2 aliphatic heterocycles. The molecule has 0 aromatic rings. The molecule has 0 bridgehead atoms. The van der Waals surface area contributed by atoms with E-state index in [9.17, 15) is 9.59 Å². The third-order valence-corrected chi connectivity index (χ3v) is 4.48. The van der Waals surface area contributed by atoms with Crippen LogP contribution in [0, 0.1) is 5.92 Å². The summed E-state index contributed by atoms with van der Waals surface area (Å²) in [6.07, 6.45) is 4.80. The number of hydrogen-bond donors (Lipinski definition) is 1. The molecule has 2 rings (SSSR count). The van der Waals surface area contributed by atoms with Crippen molar-refractivity contribution in [3.63, 3.8) is 0 Å². The van der Waals surface area contributed by atoms with Crippen LogP contribution in [0.1, 0.15) is 39.0 Å². The van der Waals surface area contributed by atoms with Crippen molar-refractivity contribution in [3.8, 4) is 0 Å². The highest BCUT2D eigenvalue weighted by atomic mass is 16.4. The molecule has 19 heavy (non-hydrogen) atoms. The van der Waals surface area contributed by atoms with Gasteiger partial charge in [-0.2, -0.15) is 0 Å². The first-order valence-electron chi connectivity index (χ1n) is 7.32. The van der Waals surface area contributed by atoms with Crippen molar-refractivity contribution in [2.45, 2.75) is 45.1 Å². The standard InChI is InChI=1S/C14H24N2O3/c1-11-4-2-3-7-16(11)10-13(17)15-8-5-12(6-9-15)14(18)19/h11-12H,2-10H2,1H3,(H,18,19). The summed E-state index contributed by atoms with van der Waals surface area (Å²) in [7, 11) is 0. The molecular formula is C14H24N2O3. The highest BCUT2D eigenvalue weighted by Gasteiger charge is 2.28. The average Bonchev–Trinajstić information content (AvgIpc) is 2.41. The number of aliphatic carboxylic acids is 1. The summed E-state index contributed by atoms with van der Waals surface area (Å²) in [5.74, 6) is -0.827. The summed E-state index contributed by atoms with van der Waals surface area (Å²) < 4.78 is 0. The fraction of sp³-hybridized carbons (Fsp3) is 0.857. The molecule has 0 saturated carbocycles. The predicted molar refractivity (Wildman–Crippen MR) is 71.8 cm³/mol. The van der Waals surface area contributed by atoms with Crippen LogP contribution in [0.2, 0.25) is 0 Å². The van der Waals surface area contributed by atoms with Crippen LogP contribution in [0.4, 0.5) is 0 Å². The Kier molecular flexibility index (Phi) is 4.80. The maximum absolute atomic E-state index is 12.2. The molecule has 1 unspecified atom stereocenters. The van der Waals surface area contributed by atoms with E-state index in [1.165, 1.54) is 19.3 Å². The summed E-state index contributed by atoms with van der Waals surface area (Å²) in [6, 6.07) is 0.495. The number of carbonyl (C=O) groups excluding carboxylic acids is 1. The third kappa shape index (κ3) is 3.69. The topological polar surface area (TPSA) is 60.9 Å². The van der Waals surface area contributed by atoms with Crippen LogP contribution in [-0.2, 0) is 9.59 Å². The number of nitrogens with zero attached hydrogens (tertiary/aromatic N) is 2. The molecule has 0 aromatic carbocycles. The highest BCUT2D eigenvalue weighted by Crippen LogP contribution is 2.19. The van der Waals surface area contributed by atoms with E-state index >= 15 is 0 Å². The van der Waals surface area contributed by atoms with Crippen LogP contribution in [0.15, 0.2) is 0 Å². The number of amides is 1. The zero-order chi connectivity index (χ0) is 13.8. The van der Waals surface area contributed by atoms with Crippen molar-refractivity contribution in [2.75, 3.05) is 26.2 Å². The van der Waals surface area contributed by atoms with Crippen molar-refractivity contribution in [1.29, 1.82) is 0 Å². The Labute approximate surface area is 114 Å². The van der Waals surface area contributed by atoms with E-state index in [0.717, 1.165) is 6.54 Å². The first kappa shape index (κ1) is 14.3. The van der Waals surface area contributed by atoms with Gasteiger partial charge in [-0.3, -0.25) is 14.5 Å². The molecule has 0 aliphatic carbocycles. The number of likely N-dealkylation sites (tertiary alicyclic amines) is 2. The van der Waals surface area contributed by atoms with Gasteiger partial charge in [-0.15, -0.1) is 0 Å². The Bertz CT molecular complexity index is 338. The van der Waals surface area contributed by atoms with E-state index in [0.29, 0.717) is 38.5 Å². The van der Waals surface area contributed by atoms with Gasteiger partial charge in [-0.05, 0) is 39.2 Å². The van der Waals surface area contributed by atoms with Crippen LogP contribution in [-0.4, -0.2) is 59.0 Å². The van der Waals surface area contributed by atoms with Gasteiger partial charge in [0.2, 0.25) is 5.91 Å². The fourth-order valence-electron chi connectivity index (χ4n) is 3.04. The highest BCUT2D eigenvalue weighted by molar-refractivity contribution is 5.79. The molecule has 0 aromatic heterocycles.